The van der Waals surface area contributed by atoms with Crippen LogP contribution >= 0.6 is 11.5 Å². The van der Waals surface area contributed by atoms with Crippen LogP contribution in [0.1, 0.15) is 55.4 Å². The number of carbonyl (C=O) groups excluding carboxylic acids is 1. The van der Waals surface area contributed by atoms with Crippen LogP contribution in [-0.4, -0.2) is 10.2 Å². The number of Topliss-reactive ketones (excluding diaryl/α,β-unsaturated/α-hetero) is 1. The highest BCUT2D eigenvalue weighted by Crippen LogP contribution is 2.25. The Labute approximate surface area is 94.9 Å². The Balaban J connectivity index is 1.98. The van der Waals surface area contributed by atoms with E-state index in [1.54, 1.807) is 0 Å². The lowest BCUT2D eigenvalue weighted by Crippen LogP contribution is -2.16. The summed E-state index contributed by atoms with van der Waals surface area (Å²) in [4.78, 5) is 12.1. The molecule has 0 radical (unpaired) electrons. The molecule has 0 aromatic carbocycles. The summed E-state index contributed by atoms with van der Waals surface area (Å²) in [5.74, 6) is 0.519. The van der Waals surface area contributed by atoms with E-state index < -0.39 is 0 Å². The molecule has 0 spiro atoms. The van der Waals surface area contributed by atoms with E-state index >= 15 is 0 Å². The molecule has 15 heavy (non-hydrogen) atoms. The molecule has 1 aliphatic rings. The van der Waals surface area contributed by atoms with Gasteiger partial charge in [0.25, 0.3) is 0 Å². The molecule has 0 atom stereocenters. The number of ketones is 1. The molecular weight excluding hydrogens is 206 g/mol. The van der Waals surface area contributed by atoms with Gasteiger partial charge in [0.05, 0.1) is 0 Å². The molecule has 2 rings (SSSR count). The maximum Gasteiger partial charge on any atom is 0.185 e. The molecule has 0 bridgehead atoms. The van der Waals surface area contributed by atoms with E-state index in [1.165, 1.54) is 43.6 Å². The molecule has 1 saturated carbocycles. The molecule has 0 saturated heterocycles. The first-order valence-electron chi connectivity index (χ1n) is 5.82. The second-order valence-electron chi connectivity index (χ2n) is 4.29. The van der Waals surface area contributed by atoms with Gasteiger partial charge in [-0.3, -0.25) is 4.79 Å². The van der Waals surface area contributed by atoms with Crippen molar-refractivity contribution in [1.82, 2.24) is 4.37 Å². The van der Waals surface area contributed by atoms with Crippen LogP contribution < -0.4 is 0 Å². The van der Waals surface area contributed by atoms with Gasteiger partial charge in [0.2, 0.25) is 0 Å². The molecule has 1 aromatic rings. The molecule has 1 aliphatic carbocycles. The van der Waals surface area contributed by atoms with Gasteiger partial charge in [-0.15, -0.1) is 0 Å². The molecular formula is C12H17NOS. The van der Waals surface area contributed by atoms with E-state index in [9.17, 15) is 4.79 Å². The normalized spacial score (nSPS) is 19.5. The van der Waals surface area contributed by atoms with Crippen molar-refractivity contribution in [3.05, 3.63) is 17.1 Å². The summed E-state index contributed by atoms with van der Waals surface area (Å²) in [5.41, 5.74) is 0.686. The van der Waals surface area contributed by atoms with Gasteiger partial charge < -0.3 is 0 Å². The molecule has 0 N–H and O–H groups in total. The van der Waals surface area contributed by atoms with Crippen molar-refractivity contribution in [3.8, 4) is 0 Å². The van der Waals surface area contributed by atoms with E-state index in [1.807, 2.05) is 11.4 Å². The third-order valence-corrected chi connectivity index (χ3v) is 3.73. The monoisotopic (exact) mass is 223 g/mol. The van der Waals surface area contributed by atoms with Gasteiger partial charge in [0.15, 0.2) is 5.78 Å². The summed E-state index contributed by atoms with van der Waals surface area (Å²) in [6.07, 6.45) is 8.48. The summed E-state index contributed by atoms with van der Waals surface area (Å²) < 4.78 is 4.14. The quantitative estimate of drug-likeness (QED) is 0.716. The van der Waals surface area contributed by atoms with Crippen molar-refractivity contribution >= 4 is 17.3 Å². The van der Waals surface area contributed by atoms with E-state index in [0.717, 1.165) is 12.8 Å². The van der Waals surface area contributed by atoms with Crippen LogP contribution in [0.4, 0.5) is 0 Å². The predicted octanol–water partition coefficient (Wildman–Crippen LogP) is 3.69. The van der Waals surface area contributed by atoms with Crippen LogP contribution in [-0.2, 0) is 0 Å². The van der Waals surface area contributed by atoms with E-state index in [4.69, 9.17) is 0 Å². The molecule has 0 unspecified atom stereocenters. The Morgan fingerprint density at radius 3 is 2.47 bits per heavy atom. The number of aromatic nitrogens is 1. The Morgan fingerprint density at radius 1 is 1.20 bits per heavy atom. The molecule has 0 aliphatic heterocycles. The summed E-state index contributed by atoms with van der Waals surface area (Å²) in [5, 5.41) is 1.89. The van der Waals surface area contributed by atoms with Gasteiger partial charge in [0.1, 0.15) is 5.69 Å². The van der Waals surface area contributed by atoms with Crippen LogP contribution in [0.3, 0.4) is 0 Å². The van der Waals surface area contributed by atoms with Gasteiger partial charge in [0, 0.05) is 11.3 Å². The van der Waals surface area contributed by atoms with Crippen molar-refractivity contribution in [2.75, 3.05) is 0 Å². The van der Waals surface area contributed by atoms with Gasteiger partial charge in [-0.2, -0.15) is 4.37 Å². The molecule has 0 amide bonds. The lowest BCUT2D eigenvalue weighted by molar-refractivity contribution is 0.0894. The lowest BCUT2D eigenvalue weighted by atomic mass is 9.87. The van der Waals surface area contributed by atoms with E-state index in [2.05, 4.69) is 4.37 Å². The van der Waals surface area contributed by atoms with Crippen LogP contribution in [0.5, 0.6) is 0 Å². The predicted molar refractivity (Wildman–Crippen MR) is 62.3 cm³/mol. The first-order valence-corrected chi connectivity index (χ1v) is 6.66. The van der Waals surface area contributed by atoms with Crippen LogP contribution in [0.15, 0.2) is 11.4 Å². The van der Waals surface area contributed by atoms with Crippen LogP contribution in [0.2, 0.25) is 0 Å². The first kappa shape index (κ1) is 10.8. The van der Waals surface area contributed by atoms with Gasteiger partial charge in [-0.1, -0.05) is 32.1 Å². The average molecular weight is 223 g/mol. The minimum atomic E-state index is 0.243. The molecule has 3 heteroatoms. The zero-order chi connectivity index (χ0) is 10.5. The molecule has 1 fully saturated rings. The Hall–Kier alpha value is -0.700. The second-order valence-corrected chi connectivity index (χ2v) is 4.96. The first-order chi connectivity index (χ1) is 7.38. The summed E-state index contributed by atoms with van der Waals surface area (Å²) >= 11 is 1.37. The van der Waals surface area contributed by atoms with Gasteiger partial charge in [-0.25, -0.2) is 0 Å². The number of carbonyl (C=O) groups is 1. The van der Waals surface area contributed by atoms with Crippen molar-refractivity contribution < 1.29 is 4.79 Å². The number of hydrogen-bond donors (Lipinski definition) is 0. The Bertz CT molecular complexity index is 299. The second kappa shape index (κ2) is 5.40. The molecule has 1 aromatic heterocycles. The SMILES string of the molecule is O=C(c1ccsn1)C1CCCCCCC1. The largest absolute Gasteiger partial charge is 0.292 e. The summed E-state index contributed by atoms with van der Waals surface area (Å²) in [6, 6.07) is 1.85. The van der Waals surface area contributed by atoms with Crippen molar-refractivity contribution in [2.24, 2.45) is 5.92 Å². The minimum Gasteiger partial charge on any atom is -0.292 e. The van der Waals surface area contributed by atoms with Crippen molar-refractivity contribution in [3.63, 3.8) is 0 Å². The molecule has 2 nitrogen and oxygen atoms in total. The standard InChI is InChI=1S/C12H17NOS/c14-12(11-8-9-15-13-11)10-6-4-2-1-3-5-7-10/h8-10H,1-7H2. The topological polar surface area (TPSA) is 30.0 Å². The van der Waals surface area contributed by atoms with Crippen LogP contribution in [0.25, 0.3) is 0 Å². The maximum absolute atomic E-state index is 12.1. The van der Waals surface area contributed by atoms with E-state index in [-0.39, 0.29) is 11.7 Å². The van der Waals surface area contributed by atoms with Crippen molar-refractivity contribution in [1.29, 1.82) is 0 Å². The van der Waals surface area contributed by atoms with Crippen molar-refractivity contribution in [2.45, 2.75) is 44.9 Å². The summed E-state index contributed by atoms with van der Waals surface area (Å²) in [7, 11) is 0. The zero-order valence-corrected chi connectivity index (χ0v) is 9.76. The highest BCUT2D eigenvalue weighted by Gasteiger charge is 2.21. The fraction of sp³-hybridized carbons (Fsp3) is 0.667. The maximum atomic E-state index is 12.1. The highest BCUT2D eigenvalue weighted by atomic mass is 32.1. The number of nitrogens with zero attached hydrogens (tertiary/aromatic N) is 1. The lowest BCUT2D eigenvalue weighted by Gasteiger charge is -2.17. The van der Waals surface area contributed by atoms with E-state index in [0.29, 0.717) is 5.69 Å². The third kappa shape index (κ3) is 2.88. The molecule has 1 heterocycles. The smallest absolute Gasteiger partial charge is 0.185 e. The van der Waals surface area contributed by atoms with Crippen LogP contribution in [0, 0.1) is 5.92 Å². The number of hydrogen-bond acceptors (Lipinski definition) is 3. The minimum absolute atomic E-state index is 0.243. The van der Waals surface area contributed by atoms with Gasteiger partial charge >= 0.3 is 0 Å². The molecule has 82 valence electrons. The fourth-order valence-electron chi connectivity index (χ4n) is 2.27. The third-order valence-electron chi connectivity index (χ3n) is 3.17. The number of rotatable bonds is 2. The van der Waals surface area contributed by atoms with Gasteiger partial charge in [-0.05, 0) is 30.4 Å². The zero-order valence-electron chi connectivity index (χ0n) is 8.95. The fourth-order valence-corrected chi connectivity index (χ4v) is 2.78. The highest BCUT2D eigenvalue weighted by molar-refractivity contribution is 7.03. The Kier molecular flexibility index (Phi) is 3.89. The average Bonchev–Trinajstić information content (AvgIpc) is 2.68. The Morgan fingerprint density at radius 2 is 1.87 bits per heavy atom. The summed E-state index contributed by atoms with van der Waals surface area (Å²) in [6.45, 7) is 0.